The van der Waals surface area contributed by atoms with Gasteiger partial charge in [-0.1, -0.05) is 36.4 Å². The molecule has 2 atom stereocenters. The molecular weight excluding hydrogens is 408 g/mol. The van der Waals surface area contributed by atoms with Gasteiger partial charge in [-0.15, -0.1) is 0 Å². The average molecular weight is 430 g/mol. The van der Waals surface area contributed by atoms with Crippen LogP contribution in [0.1, 0.15) is 24.1 Å². The van der Waals surface area contributed by atoms with Gasteiger partial charge in [-0.2, -0.15) is 8.42 Å². The molecule has 8 nitrogen and oxygen atoms in total. The van der Waals surface area contributed by atoms with Crippen molar-refractivity contribution in [1.29, 1.82) is 0 Å². The summed E-state index contributed by atoms with van der Waals surface area (Å²) in [5.41, 5.74) is 1.73. The third-order valence-electron chi connectivity index (χ3n) is 4.56. The van der Waals surface area contributed by atoms with Crippen LogP contribution < -0.4 is 14.8 Å². The number of rotatable bonds is 6. The summed E-state index contributed by atoms with van der Waals surface area (Å²) >= 11 is 0. The van der Waals surface area contributed by atoms with Gasteiger partial charge in [0.05, 0.1) is 12.6 Å². The molecule has 2 aromatic rings. The third-order valence-corrected chi connectivity index (χ3v) is 5.83. The molecule has 30 heavy (non-hydrogen) atoms. The van der Waals surface area contributed by atoms with Gasteiger partial charge < -0.3 is 19.6 Å². The highest BCUT2D eigenvalue weighted by atomic mass is 32.2. The van der Waals surface area contributed by atoms with Gasteiger partial charge in [0.25, 0.3) is 0 Å². The lowest BCUT2D eigenvalue weighted by Gasteiger charge is -2.33. The van der Waals surface area contributed by atoms with Gasteiger partial charge in [0.1, 0.15) is 16.6 Å². The van der Waals surface area contributed by atoms with E-state index in [2.05, 4.69) is 17.2 Å². The Morgan fingerprint density at radius 2 is 1.73 bits per heavy atom. The summed E-state index contributed by atoms with van der Waals surface area (Å²) in [4.78, 5) is 24.3. The number of ether oxygens (including phenoxy) is 1. The third kappa shape index (κ3) is 4.62. The van der Waals surface area contributed by atoms with Crippen LogP contribution in [0.5, 0.6) is 5.75 Å². The average Bonchev–Trinajstić information content (AvgIpc) is 2.68. The Morgan fingerprint density at radius 1 is 1.10 bits per heavy atom. The number of esters is 1. The Morgan fingerprint density at radius 3 is 2.33 bits per heavy atom. The maximum Gasteiger partial charge on any atom is 0.339 e. The van der Waals surface area contributed by atoms with Crippen LogP contribution in [-0.2, 0) is 19.6 Å². The van der Waals surface area contributed by atoms with Crippen molar-refractivity contribution in [3.05, 3.63) is 71.9 Å². The Kier molecular flexibility index (Phi) is 6.12. The molecular formula is C21H22N2O6S. The number of hydrogen-bond acceptors (Lipinski definition) is 6. The Balaban J connectivity index is 1.82. The molecule has 0 unspecified atom stereocenters. The van der Waals surface area contributed by atoms with E-state index in [9.17, 15) is 18.0 Å². The minimum Gasteiger partial charge on any atom is -0.465 e. The van der Waals surface area contributed by atoms with Crippen molar-refractivity contribution in [3.8, 4) is 5.75 Å². The Hall–Kier alpha value is -3.33. The van der Waals surface area contributed by atoms with Crippen LogP contribution in [0, 0.1) is 12.8 Å². The van der Waals surface area contributed by atoms with Crippen molar-refractivity contribution < 1.29 is 26.9 Å². The molecule has 9 heteroatoms. The summed E-state index contributed by atoms with van der Waals surface area (Å²) in [6.07, 6.45) is 0. The number of carbonyl (C=O) groups is 2. The molecule has 0 aliphatic carbocycles. The van der Waals surface area contributed by atoms with E-state index in [0.717, 1.165) is 5.56 Å². The van der Waals surface area contributed by atoms with Gasteiger partial charge in [0.2, 0.25) is 0 Å². The van der Waals surface area contributed by atoms with Crippen molar-refractivity contribution in [2.75, 3.05) is 6.61 Å². The van der Waals surface area contributed by atoms with Crippen LogP contribution in [-0.4, -0.2) is 27.0 Å². The smallest absolute Gasteiger partial charge is 0.339 e. The van der Waals surface area contributed by atoms with Gasteiger partial charge in [-0.3, -0.25) is 4.79 Å². The lowest BCUT2D eigenvalue weighted by atomic mass is 9.89. The second-order valence-corrected chi connectivity index (χ2v) is 8.30. The maximum atomic E-state index is 12.4. The van der Waals surface area contributed by atoms with E-state index in [1.807, 2.05) is 6.92 Å². The first-order valence-corrected chi connectivity index (χ1v) is 10.7. The summed E-state index contributed by atoms with van der Waals surface area (Å²) in [6, 6.07) is 11.2. The quantitative estimate of drug-likeness (QED) is 0.539. The van der Waals surface area contributed by atoms with Crippen molar-refractivity contribution in [3.63, 3.8) is 0 Å². The first kappa shape index (κ1) is 21.4. The highest BCUT2D eigenvalue weighted by Gasteiger charge is 2.38. The summed E-state index contributed by atoms with van der Waals surface area (Å²) in [6.45, 7) is 7.48. The zero-order valence-electron chi connectivity index (χ0n) is 16.5. The zero-order chi connectivity index (χ0) is 21.9. The van der Waals surface area contributed by atoms with Crippen LogP contribution >= 0.6 is 0 Å². The first-order valence-electron chi connectivity index (χ1n) is 9.25. The van der Waals surface area contributed by atoms with Crippen LogP contribution in [0.3, 0.4) is 0 Å². The van der Waals surface area contributed by atoms with E-state index in [0.29, 0.717) is 5.56 Å². The minimum atomic E-state index is -3.98. The van der Waals surface area contributed by atoms with E-state index in [1.165, 1.54) is 24.3 Å². The molecule has 0 bridgehead atoms. The molecule has 0 radical (unpaired) electrons. The van der Waals surface area contributed by atoms with Crippen LogP contribution in [0.15, 0.2) is 65.7 Å². The predicted octanol–water partition coefficient (Wildman–Crippen LogP) is 2.81. The number of hydrogen-bond donors (Lipinski definition) is 2. The summed E-state index contributed by atoms with van der Waals surface area (Å²) in [5.74, 6) is -1.25. The molecule has 2 N–H and O–H groups in total. The summed E-state index contributed by atoms with van der Waals surface area (Å²) in [7, 11) is -3.98. The van der Waals surface area contributed by atoms with Crippen LogP contribution in [0.4, 0.5) is 4.79 Å². The Labute approximate surface area is 175 Å². The maximum absolute atomic E-state index is 12.4. The number of nitrogens with one attached hydrogen (secondary N) is 2. The molecule has 2 amide bonds. The summed E-state index contributed by atoms with van der Waals surface area (Å²) < 4.78 is 35.2. The molecule has 1 saturated heterocycles. The van der Waals surface area contributed by atoms with E-state index in [4.69, 9.17) is 8.92 Å². The minimum absolute atomic E-state index is 0.0430. The SMILES string of the molecule is C=C1NC(=O)N[C@@H](c2ccc(OS(=O)(=O)c3ccc(C)cc3)cc2)[C@@H]1C(=O)OCC. The molecule has 0 aromatic heterocycles. The van der Waals surface area contributed by atoms with E-state index in [1.54, 1.807) is 31.2 Å². The molecule has 1 heterocycles. The second-order valence-electron chi connectivity index (χ2n) is 6.75. The fraction of sp³-hybridized carbons (Fsp3) is 0.238. The van der Waals surface area contributed by atoms with Crippen LogP contribution in [0.25, 0.3) is 0 Å². The lowest BCUT2D eigenvalue weighted by molar-refractivity contribution is -0.147. The molecule has 0 saturated carbocycles. The van der Waals surface area contributed by atoms with Crippen molar-refractivity contribution in [2.24, 2.45) is 5.92 Å². The van der Waals surface area contributed by atoms with Crippen molar-refractivity contribution in [2.45, 2.75) is 24.8 Å². The standard InChI is InChI=1S/C21H22N2O6S/c1-4-28-20(24)18-14(3)22-21(25)23-19(18)15-7-9-16(10-8-15)29-30(26,27)17-11-5-13(2)6-12-17/h5-12,18-19H,3-4H2,1-2H3,(H2,22,23,25)/t18-,19+/m1/s1. The van der Waals surface area contributed by atoms with Gasteiger partial charge in [-0.05, 0) is 43.7 Å². The van der Waals surface area contributed by atoms with Gasteiger partial charge >= 0.3 is 22.1 Å². The molecule has 1 aliphatic heterocycles. The van der Waals surface area contributed by atoms with E-state index < -0.39 is 34.1 Å². The largest absolute Gasteiger partial charge is 0.465 e. The fourth-order valence-electron chi connectivity index (χ4n) is 3.08. The van der Waals surface area contributed by atoms with Crippen LogP contribution in [0.2, 0.25) is 0 Å². The fourth-order valence-corrected chi connectivity index (χ4v) is 4.01. The normalized spacial score (nSPS) is 18.9. The van der Waals surface area contributed by atoms with Gasteiger partial charge in [0, 0.05) is 5.70 Å². The van der Waals surface area contributed by atoms with Gasteiger partial charge in [-0.25, -0.2) is 4.79 Å². The summed E-state index contributed by atoms with van der Waals surface area (Å²) in [5, 5.41) is 5.16. The molecule has 0 spiro atoms. The van der Waals surface area contributed by atoms with Crippen molar-refractivity contribution in [1.82, 2.24) is 10.6 Å². The first-order chi connectivity index (χ1) is 14.2. The molecule has 3 rings (SSSR count). The highest BCUT2D eigenvalue weighted by molar-refractivity contribution is 7.87. The van der Waals surface area contributed by atoms with Crippen molar-refractivity contribution >= 4 is 22.1 Å². The number of benzene rings is 2. The predicted molar refractivity (Wildman–Crippen MR) is 109 cm³/mol. The molecule has 1 fully saturated rings. The number of amides is 2. The lowest BCUT2D eigenvalue weighted by Crippen LogP contribution is -2.51. The molecule has 158 valence electrons. The number of urea groups is 1. The topological polar surface area (TPSA) is 111 Å². The Bertz CT molecular complexity index is 1060. The molecule has 1 aliphatic rings. The highest BCUT2D eigenvalue weighted by Crippen LogP contribution is 2.31. The number of carbonyl (C=O) groups excluding carboxylic acids is 2. The second kappa shape index (κ2) is 8.58. The monoisotopic (exact) mass is 430 g/mol. The van der Waals surface area contributed by atoms with E-state index in [-0.39, 0.29) is 22.9 Å². The molecule has 2 aromatic carbocycles. The number of aryl methyl sites for hydroxylation is 1. The zero-order valence-corrected chi connectivity index (χ0v) is 17.4. The van der Waals surface area contributed by atoms with E-state index >= 15 is 0 Å². The van der Waals surface area contributed by atoms with Gasteiger partial charge in [0.15, 0.2) is 0 Å².